The molecule has 0 aliphatic carbocycles. The number of benzene rings is 1. The highest BCUT2D eigenvalue weighted by molar-refractivity contribution is 6.04. The van der Waals surface area contributed by atoms with Gasteiger partial charge in [0.05, 0.1) is 6.42 Å². The minimum Gasteiger partial charge on any atom is -0.367 e. The van der Waals surface area contributed by atoms with Crippen LogP contribution in [0.2, 0.25) is 0 Å². The van der Waals surface area contributed by atoms with Crippen molar-refractivity contribution in [2.24, 2.45) is 0 Å². The molecule has 1 aromatic heterocycles. The fraction of sp³-hybridized carbons (Fsp3) is 0.0714. The van der Waals surface area contributed by atoms with Crippen LogP contribution in [0.15, 0.2) is 53.6 Å². The molecule has 2 N–H and O–H groups in total. The first-order valence-electron chi connectivity index (χ1n) is 5.72. The van der Waals surface area contributed by atoms with Gasteiger partial charge in [0.15, 0.2) is 5.43 Å². The molecule has 0 fully saturated rings. The molecule has 0 saturated heterocycles. The molecular formula is C14H12N2O3. The molecule has 0 unspecified atom stereocenters. The Balaban J connectivity index is 2.02. The van der Waals surface area contributed by atoms with Crippen LogP contribution in [0.25, 0.3) is 0 Å². The van der Waals surface area contributed by atoms with Crippen molar-refractivity contribution in [3.8, 4) is 0 Å². The molecule has 5 nitrogen and oxygen atoms in total. The zero-order chi connectivity index (χ0) is 13.7. The SMILES string of the molecule is O=C(Cc1ccccc1)NC(=O)c1c[nH]ccc1=O. The summed E-state index contributed by atoms with van der Waals surface area (Å²) in [4.78, 5) is 37.4. The van der Waals surface area contributed by atoms with Gasteiger partial charge in [0.2, 0.25) is 5.91 Å². The Bertz CT molecular complexity index is 647. The summed E-state index contributed by atoms with van der Waals surface area (Å²) in [7, 11) is 0. The highest BCUT2D eigenvalue weighted by Gasteiger charge is 2.13. The number of hydrogen-bond donors (Lipinski definition) is 2. The summed E-state index contributed by atoms with van der Waals surface area (Å²) in [6.07, 6.45) is 2.79. The van der Waals surface area contributed by atoms with E-state index in [2.05, 4.69) is 10.3 Å². The van der Waals surface area contributed by atoms with Crippen molar-refractivity contribution in [3.05, 3.63) is 70.1 Å². The molecule has 96 valence electrons. The van der Waals surface area contributed by atoms with Crippen LogP contribution in [0.5, 0.6) is 0 Å². The van der Waals surface area contributed by atoms with E-state index in [1.165, 1.54) is 18.5 Å². The van der Waals surface area contributed by atoms with E-state index in [1.54, 1.807) is 12.1 Å². The summed E-state index contributed by atoms with van der Waals surface area (Å²) in [5.74, 6) is -1.14. The van der Waals surface area contributed by atoms with Crippen molar-refractivity contribution >= 4 is 11.8 Å². The number of imide groups is 1. The molecule has 2 aromatic rings. The molecule has 1 heterocycles. The Morgan fingerprint density at radius 2 is 1.84 bits per heavy atom. The summed E-state index contributed by atoms with van der Waals surface area (Å²) in [5, 5.41) is 2.19. The lowest BCUT2D eigenvalue weighted by atomic mass is 10.1. The van der Waals surface area contributed by atoms with Crippen molar-refractivity contribution in [2.75, 3.05) is 0 Å². The van der Waals surface area contributed by atoms with E-state index in [1.807, 2.05) is 18.2 Å². The maximum atomic E-state index is 11.7. The van der Waals surface area contributed by atoms with Gasteiger partial charge in [-0.2, -0.15) is 0 Å². The Hall–Kier alpha value is -2.69. The fourth-order valence-corrected chi connectivity index (χ4v) is 1.61. The standard InChI is InChI=1S/C14H12N2O3/c17-12-6-7-15-9-11(12)14(19)16-13(18)8-10-4-2-1-3-5-10/h1-7,9H,8H2,(H,15,17)(H,16,18,19). The summed E-state index contributed by atoms with van der Waals surface area (Å²) in [6.45, 7) is 0. The lowest BCUT2D eigenvalue weighted by Crippen LogP contribution is -2.34. The van der Waals surface area contributed by atoms with Crippen molar-refractivity contribution in [1.82, 2.24) is 10.3 Å². The number of nitrogens with one attached hydrogen (secondary N) is 2. The highest BCUT2D eigenvalue weighted by atomic mass is 16.2. The molecule has 5 heteroatoms. The van der Waals surface area contributed by atoms with E-state index < -0.39 is 17.2 Å². The Labute approximate surface area is 109 Å². The van der Waals surface area contributed by atoms with Crippen molar-refractivity contribution in [1.29, 1.82) is 0 Å². The van der Waals surface area contributed by atoms with Gasteiger partial charge in [-0.15, -0.1) is 0 Å². The van der Waals surface area contributed by atoms with Gasteiger partial charge < -0.3 is 4.98 Å². The molecule has 2 amide bonds. The van der Waals surface area contributed by atoms with Gasteiger partial charge in [0.1, 0.15) is 5.56 Å². The topological polar surface area (TPSA) is 79.0 Å². The number of H-pyrrole nitrogens is 1. The van der Waals surface area contributed by atoms with Crippen LogP contribution < -0.4 is 10.7 Å². The van der Waals surface area contributed by atoms with Crippen LogP contribution in [0, 0.1) is 0 Å². The molecule has 19 heavy (non-hydrogen) atoms. The summed E-state index contributed by atoms with van der Waals surface area (Å²) >= 11 is 0. The van der Waals surface area contributed by atoms with Gasteiger partial charge in [-0.25, -0.2) is 0 Å². The van der Waals surface area contributed by atoms with Crippen LogP contribution in [0.1, 0.15) is 15.9 Å². The number of aromatic nitrogens is 1. The molecule has 2 rings (SSSR count). The first-order chi connectivity index (χ1) is 9.16. The second-order valence-corrected chi connectivity index (χ2v) is 3.96. The molecule has 1 aromatic carbocycles. The van der Waals surface area contributed by atoms with Gasteiger partial charge in [-0.05, 0) is 5.56 Å². The minimum atomic E-state index is -0.692. The predicted octanol–water partition coefficient (Wildman–Crippen LogP) is 0.874. The van der Waals surface area contributed by atoms with Gasteiger partial charge in [-0.3, -0.25) is 19.7 Å². The third-order valence-electron chi connectivity index (χ3n) is 2.53. The van der Waals surface area contributed by atoms with Gasteiger partial charge in [0.25, 0.3) is 5.91 Å². The number of pyridine rings is 1. The van der Waals surface area contributed by atoms with E-state index in [9.17, 15) is 14.4 Å². The van der Waals surface area contributed by atoms with Crippen LogP contribution >= 0.6 is 0 Å². The third-order valence-corrected chi connectivity index (χ3v) is 2.53. The zero-order valence-corrected chi connectivity index (χ0v) is 10.1. The zero-order valence-electron chi connectivity index (χ0n) is 10.1. The molecule has 0 atom stereocenters. The molecular weight excluding hydrogens is 244 g/mol. The largest absolute Gasteiger partial charge is 0.367 e. The van der Waals surface area contributed by atoms with E-state index in [0.717, 1.165) is 5.56 Å². The average molecular weight is 256 g/mol. The van der Waals surface area contributed by atoms with E-state index in [-0.39, 0.29) is 12.0 Å². The van der Waals surface area contributed by atoms with Gasteiger partial charge in [0, 0.05) is 18.5 Å². The summed E-state index contributed by atoms with van der Waals surface area (Å²) < 4.78 is 0. The minimum absolute atomic E-state index is 0.0797. The lowest BCUT2D eigenvalue weighted by Gasteiger charge is -2.03. The van der Waals surface area contributed by atoms with Gasteiger partial charge >= 0.3 is 0 Å². The Kier molecular flexibility index (Phi) is 3.87. The highest BCUT2D eigenvalue weighted by Crippen LogP contribution is 1.99. The second-order valence-electron chi connectivity index (χ2n) is 3.96. The number of amides is 2. The fourth-order valence-electron chi connectivity index (χ4n) is 1.61. The van der Waals surface area contributed by atoms with Crippen LogP contribution in [0.3, 0.4) is 0 Å². The monoisotopic (exact) mass is 256 g/mol. The van der Waals surface area contributed by atoms with Crippen molar-refractivity contribution in [2.45, 2.75) is 6.42 Å². The average Bonchev–Trinajstić information content (AvgIpc) is 2.40. The summed E-state index contributed by atoms with van der Waals surface area (Å²) in [5.41, 5.74) is 0.294. The first-order valence-corrected chi connectivity index (χ1v) is 5.72. The normalized spacial score (nSPS) is 9.89. The first kappa shape index (κ1) is 12.8. The number of rotatable bonds is 3. The van der Waals surface area contributed by atoms with E-state index in [0.29, 0.717) is 0 Å². The predicted molar refractivity (Wildman–Crippen MR) is 69.7 cm³/mol. The molecule has 0 spiro atoms. The summed E-state index contributed by atoms with van der Waals surface area (Å²) in [6, 6.07) is 10.3. The van der Waals surface area contributed by atoms with E-state index in [4.69, 9.17) is 0 Å². The second kappa shape index (κ2) is 5.77. The Morgan fingerprint density at radius 1 is 1.11 bits per heavy atom. The molecule has 0 aliphatic heterocycles. The quantitative estimate of drug-likeness (QED) is 0.855. The maximum Gasteiger partial charge on any atom is 0.263 e. The Morgan fingerprint density at radius 3 is 2.53 bits per heavy atom. The molecule has 0 aliphatic rings. The molecule has 0 radical (unpaired) electrons. The van der Waals surface area contributed by atoms with Gasteiger partial charge in [-0.1, -0.05) is 30.3 Å². The smallest absolute Gasteiger partial charge is 0.263 e. The van der Waals surface area contributed by atoms with Crippen LogP contribution in [0.4, 0.5) is 0 Å². The van der Waals surface area contributed by atoms with Crippen molar-refractivity contribution in [3.63, 3.8) is 0 Å². The van der Waals surface area contributed by atoms with Crippen molar-refractivity contribution < 1.29 is 9.59 Å². The van der Waals surface area contributed by atoms with Crippen LogP contribution in [-0.2, 0) is 11.2 Å². The molecule has 0 bridgehead atoms. The number of carbonyl (C=O) groups is 2. The lowest BCUT2D eigenvalue weighted by molar-refractivity contribution is -0.119. The number of carbonyl (C=O) groups excluding carboxylic acids is 2. The van der Waals surface area contributed by atoms with E-state index >= 15 is 0 Å². The maximum absolute atomic E-state index is 11.7. The number of hydrogen-bond acceptors (Lipinski definition) is 3. The third kappa shape index (κ3) is 3.38. The molecule has 0 saturated carbocycles. The number of aromatic amines is 1. The van der Waals surface area contributed by atoms with Crippen LogP contribution in [-0.4, -0.2) is 16.8 Å².